The highest BCUT2D eigenvalue weighted by Crippen LogP contribution is 2.69. The van der Waals surface area contributed by atoms with Crippen LogP contribution in [-0.4, -0.2) is 21.9 Å². The molecular formula is C32H42O3. The minimum Gasteiger partial charge on any atom is -0.489 e. The van der Waals surface area contributed by atoms with E-state index in [-0.39, 0.29) is 11.5 Å². The second-order valence-electron chi connectivity index (χ2n) is 12.4. The molecule has 0 amide bonds. The predicted octanol–water partition coefficient (Wildman–Crippen LogP) is 6.65. The summed E-state index contributed by atoms with van der Waals surface area (Å²) >= 11 is 0. The first kappa shape index (κ1) is 23.6. The lowest BCUT2D eigenvalue weighted by molar-refractivity contribution is -0.160. The van der Waals surface area contributed by atoms with Gasteiger partial charge in [-0.3, -0.25) is 0 Å². The van der Waals surface area contributed by atoms with Crippen LogP contribution in [0.25, 0.3) is 0 Å². The van der Waals surface area contributed by atoms with Gasteiger partial charge in [0.15, 0.2) is 0 Å². The molecule has 4 aliphatic carbocycles. The fourth-order valence-corrected chi connectivity index (χ4v) is 9.13. The van der Waals surface area contributed by atoms with Crippen LogP contribution in [0.3, 0.4) is 0 Å². The second kappa shape index (κ2) is 8.92. The minimum atomic E-state index is -0.688. The zero-order valence-electron chi connectivity index (χ0n) is 21.5. The molecule has 4 aliphatic rings. The summed E-state index contributed by atoms with van der Waals surface area (Å²) in [5.74, 6) is 3.80. The summed E-state index contributed by atoms with van der Waals surface area (Å²) in [7, 11) is 0. The lowest BCUT2D eigenvalue weighted by atomic mass is 9.49. The Morgan fingerprint density at radius 3 is 2.69 bits per heavy atom. The Balaban J connectivity index is 1.29. The number of benzene rings is 2. The molecule has 3 unspecified atom stereocenters. The van der Waals surface area contributed by atoms with Gasteiger partial charge in [0.05, 0.1) is 11.7 Å². The van der Waals surface area contributed by atoms with Crippen molar-refractivity contribution in [1.82, 2.24) is 0 Å². The maximum Gasteiger partial charge on any atom is 0.120 e. The maximum absolute atomic E-state index is 12.1. The molecule has 35 heavy (non-hydrogen) atoms. The van der Waals surface area contributed by atoms with Gasteiger partial charge in [-0.1, -0.05) is 63.1 Å². The van der Waals surface area contributed by atoms with Crippen molar-refractivity contribution in [3.63, 3.8) is 0 Å². The molecule has 3 fully saturated rings. The van der Waals surface area contributed by atoms with Gasteiger partial charge in [0.2, 0.25) is 0 Å². The molecule has 2 aromatic rings. The Bertz CT molecular complexity index is 1050. The summed E-state index contributed by atoms with van der Waals surface area (Å²) in [6.07, 6.45) is 9.06. The molecule has 0 aromatic heterocycles. The van der Waals surface area contributed by atoms with Crippen LogP contribution in [0.4, 0.5) is 0 Å². The van der Waals surface area contributed by atoms with Crippen molar-refractivity contribution in [3.8, 4) is 5.75 Å². The van der Waals surface area contributed by atoms with E-state index in [1.165, 1.54) is 24.0 Å². The number of aliphatic hydroxyl groups excluding tert-OH is 1. The normalized spacial score (nSPS) is 39.8. The van der Waals surface area contributed by atoms with Crippen LogP contribution < -0.4 is 4.74 Å². The van der Waals surface area contributed by atoms with Crippen LogP contribution in [0, 0.1) is 29.1 Å². The van der Waals surface area contributed by atoms with Crippen LogP contribution in [0.2, 0.25) is 0 Å². The zero-order chi connectivity index (χ0) is 24.2. The molecule has 2 aromatic carbocycles. The molecule has 0 saturated heterocycles. The Labute approximate surface area is 210 Å². The van der Waals surface area contributed by atoms with Crippen LogP contribution in [-0.2, 0) is 13.0 Å². The lowest BCUT2D eigenvalue weighted by Crippen LogP contribution is -2.56. The quantitative estimate of drug-likeness (QED) is 0.510. The number of fused-ring (bicyclic) bond motifs is 7. The molecule has 0 spiro atoms. The summed E-state index contributed by atoms with van der Waals surface area (Å²) in [6, 6.07) is 17.3. The van der Waals surface area contributed by atoms with Crippen molar-refractivity contribution in [2.24, 2.45) is 29.1 Å². The molecule has 0 bridgehead atoms. The largest absolute Gasteiger partial charge is 0.489 e. The molecule has 0 heterocycles. The summed E-state index contributed by atoms with van der Waals surface area (Å²) in [5.41, 5.74) is 3.47. The molecule has 188 valence electrons. The highest BCUT2D eigenvalue weighted by atomic mass is 16.5. The Kier molecular flexibility index (Phi) is 6.00. The Morgan fingerprint density at radius 1 is 1.06 bits per heavy atom. The number of aliphatic hydroxyl groups is 2. The smallest absolute Gasteiger partial charge is 0.120 e. The summed E-state index contributed by atoms with van der Waals surface area (Å²) in [5, 5.41) is 22.5. The van der Waals surface area contributed by atoms with Crippen LogP contribution in [0.1, 0.15) is 87.8 Å². The van der Waals surface area contributed by atoms with Gasteiger partial charge >= 0.3 is 0 Å². The van der Waals surface area contributed by atoms with E-state index in [0.717, 1.165) is 44.3 Å². The van der Waals surface area contributed by atoms with E-state index in [1.807, 2.05) is 6.07 Å². The van der Waals surface area contributed by atoms with Crippen molar-refractivity contribution < 1.29 is 14.9 Å². The molecule has 0 radical (unpaired) electrons. The van der Waals surface area contributed by atoms with Crippen LogP contribution >= 0.6 is 0 Å². The molecular weight excluding hydrogens is 432 g/mol. The number of hydrogen-bond donors (Lipinski definition) is 2. The topological polar surface area (TPSA) is 49.7 Å². The summed E-state index contributed by atoms with van der Waals surface area (Å²) in [4.78, 5) is 0. The molecule has 2 N–H and O–H groups in total. The van der Waals surface area contributed by atoms with Crippen molar-refractivity contribution in [1.29, 1.82) is 0 Å². The van der Waals surface area contributed by atoms with Gasteiger partial charge in [-0.15, -0.1) is 0 Å². The van der Waals surface area contributed by atoms with E-state index in [4.69, 9.17) is 4.74 Å². The summed E-state index contributed by atoms with van der Waals surface area (Å²) in [6.45, 7) is 5.31. The van der Waals surface area contributed by atoms with E-state index >= 15 is 0 Å². The third-order valence-electron chi connectivity index (χ3n) is 10.8. The average Bonchev–Trinajstić information content (AvgIpc) is 3.09. The second-order valence-corrected chi connectivity index (χ2v) is 12.4. The number of ether oxygens (including phenoxy) is 1. The molecule has 3 saturated carbocycles. The highest BCUT2D eigenvalue weighted by Gasteiger charge is 2.67. The van der Waals surface area contributed by atoms with Crippen molar-refractivity contribution >= 4 is 0 Å². The highest BCUT2D eigenvalue weighted by molar-refractivity contribution is 5.42. The molecule has 3 heteroatoms. The third-order valence-corrected chi connectivity index (χ3v) is 10.8. The van der Waals surface area contributed by atoms with Gasteiger partial charge in [-0.05, 0) is 102 Å². The number of hydrogen-bond acceptors (Lipinski definition) is 3. The van der Waals surface area contributed by atoms with E-state index < -0.39 is 5.60 Å². The molecule has 8 atom stereocenters. The van der Waals surface area contributed by atoms with E-state index in [2.05, 4.69) is 56.3 Å². The zero-order valence-corrected chi connectivity index (χ0v) is 21.5. The fraction of sp³-hybridized carbons (Fsp3) is 0.625. The van der Waals surface area contributed by atoms with E-state index in [0.29, 0.717) is 42.6 Å². The van der Waals surface area contributed by atoms with Gasteiger partial charge in [0.25, 0.3) is 0 Å². The first-order chi connectivity index (χ1) is 16.9. The minimum absolute atomic E-state index is 0.0670. The van der Waals surface area contributed by atoms with Gasteiger partial charge in [0, 0.05) is 6.42 Å². The SMILES string of the molecule is CCC[C@@H]1Cc2cc(OCc3ccccc3)ccc2C2CC[C@@]3(C)C(C[C@H]4CC[C@H](O)C[C@]43O)C21. The molecule has 6 rings (SSSR count). The van der Waals surface area contributed by atoms with Crippen molar-refractivity contribution in [2.75, 3.05) is 0 Å². The maximum atomic E-state index is 12.1. The fourth-order valence-electron chi connectivity index (χ4n) is 9.13. The van der Waals surface area contributed by atoms with Gasteiger partial charge in [-0.25, -0.2) is 0 Å². The molecule has 3 nitrogen and oxygen atoms in total. The lowest BCUT2D eigenvalue weighted by Gasteiger charge is -2.56. The van der Waals surface area contributed by atoms with Crippen LogP contribution in [0.5, 0.6) is 5.75 Å². The third kappa shape index (κ3) is 3.76. The number of rotatable bonds is 5. The Morgan fingerprint density at radius 2 is 1.89 bits per heavy atom. The van der Waals surface area contributed by atoms with Crippen molar-refractivity contribution in [2.45, 2.75) is 95.9 Å². The Hall–Kier alpha value is -1.84. The first-order valence-electron chi connectivity index (χ1n) is 14.1. The predicted molar refractivity (Wildman–Crippen MR) is 139 cm³/mol. The van der Waals surface area contributed by atoms with Gasteiger partial charge in [-0.2, -0.15) is 0 Å². The molecule has 0 aliphatic heterocycles. The van der Waals surface area contributed by atoms with Gasteiger partial charge < -0.3 is 14.9 Å². The van der Waals surface area contributed by atoms with Crippen molar-refractivity contribution in [3.05, 3.63) is 65.2 Å². The van der Waals surface area contributed by atoms with E-state index in [1.54, 1.807) is 5.56 Å². The monoisotopic (exact) mass is 474 g/mol. The average molecular weight is 475 g/mol. The van der Waals surface area contributed by atoms with E-state index in [9.17, 15) is 10.2 Å². The van der Waals surface area contributed by atoms with Crippen LogP contribution in [0.15, 0.2) is 48.5 Å². The standard InChI is InChI=1S/C32H42O3/c1-3-7-22-16-23-17-26(35-20-21-8-5-4-6-9-21)12-13-27(23)28-14-15-31(2)29(30(22)28)18-24-10-11-25(33)19-32(24,31)34/h4-6,8-9,12-13,17,22,24-25,28-30,33-34H,3,7,10-11,14-16,18-20H2,1-2H3/t22-,24-,25+,28?,29?,30?,31+,32+/m1/s1. The van der Waals surface area contributed by atoms with Gasteiger partial charge in [0.1, 0.15) is 12.4 Å². The summed E-state index contributed by atoms with van der Waals surface area (Å²) < 4.78 is 6.21. The first-order valence-corrected chi connectivity index (χ1v) is 14.1.